The van der Waals surface area contributed by atoms with E-state index >= 15 is 0 Å². The van der Waals surface area contributed by atoms with Crippen molar-refractivity contribution in [2.24, 2.45) is 0 Å². The zero-order valence-corrected chi connectivity index (χ0v) is 16.1. The average Bonchev–Trinajstić information content (AvgIpc) is 3.15. The molecule has 0 aliphatic carbocycles. The minimum absolute atomic E-state index is 0.189. The van der Waals surface area contributed by atoms with E-state index in [2.05, 4.69) is 10.4 Å². The van der Waals surface area contributed by atoms with Crippen molar-refractivity contribution in [3.8, 4) is 5.75 Å². The quantitative estimate of drug-likeness (QED) is 0.669. The van der Waals surface area contributed by atoms with Gasteiger partial charge in [0, 0.05) is 24.0 Å². The molecule has 1 N–H and O–H groups in total. The van der Waals surface area contributed by atoms with Crippen LogP contribution in [0.1, 0.15) is 25.0 Å². The number of benzene rings is 2. The van der Waals surface area contributed by atoms with Crippen LogP contribution in [-0.2, 0) is 17.9 Å². The smallest absolute Gasteiger partial charge is 0.263 e. The van der Waals surface area contributed by atoms with Gasteiger partial charge in [0.1, 0.15) is 5.75 Å². The third kappa shape index (κ3) is 5.11. The Morgan fingerprint density at radius 1 is 1.11 bits per heavy atom. The number of amides is 1. The summed E-state index contributed by atoms with van der Waals surface area (Å²) in [7, 11) is 0. The Hall–Kier alpha value is -2.79. The molecule has 0 aliphatic rings. The fraction of sp³-hybridized carbons (Fsp3) is 0.238. The van der Waals surface area contributed by atoms with Crippen molar-refractivity contribution < 1.29 is 9.53 Å². The van der Waals surface area contributed by atoms with E-state index in [4.69, 9.17) is 16.3 Å². The summed E-state index contributed by atoms with van der Waals surface area (Å²) in [6.45, 7) is 4.56. The second kappa shape index (κ2) is 8.27. The molecule has 27 heavy (non-hydrogen) atoms. The molecule has 1 aromatic heterocycles. The molecule has 1 amide bonds. The second-order valence-corrected chi connectivity index (χ2v) is 7.16. The van der Waals surface area contributed by atoms with Crippen molar-refractivity contribution in [2.45, 2.75) is 32.5 Å². The molecule has 0 atom stereocenters. The molecule has 1 heterocycles. The molecule has 6 heteroatoms. The molecule has 0 saturated carbocycles. The van der Waals surface area contributed by atoms with E-state index in [0.717, 1.165) is 11.1 Å². The SMILES string of the molecule is CC(C)(Oc1ccc(Cl)cc1)C(=O)NCc1ccccc1Cn1cccn1. The molecule has 0 aliphatic heterocycles. The number of rotatable bonds is 7. The number of nitrogens with one attached hydrogen (secondary N) is 1. The predicted octanol–water partition coefficient (Wildman–Crippen LogP) is 4.06. The molecule has 0 saturated heterocycles. The number of hydrogen-bond donors (Lipinski definition) is 1. The molecule has 5 nitrogen and oxygen atoms in total. The van der Waals surface area contributed by atoms with Gasteiger partial charge in [-0.15, -0.1) is 0 Å². The maximum Gasteiger partial charge on any atom is 0.263 e. The van der Waals surface area contributed by atoms with Crippen LogP contribution >= 0.6 is 11.6 Å². The van der Waals surface area contributed by atoms with Crippen LogP contribution in [0.25, 0.3) is 0 Å². The topological polar surface area (TPSA) is 56.1 Å². The van der Waals surface area contributed by atoms with Crippen molar-refractivity contribution in [1.82, 2.24) is 15.1 Å². The third-order valence-electron chi connectivity index (χ3n) is 4.18. The molecule has 0 radical (unpaired) electrons. The summed E-state index contributed by atoms with van der Waals surface area (Å²) in [4.78, 5) is 12.7. The number of halogens is 1. The van der Waals surface area contributed by atoms with Crippen LogP contribution < -0.4 is 10.1 Å². The Bertz CT molecular complexity index is 890. The van der Waals surface area contributed by atoms with Gasteiger partial charge in [-0.05, 0) is 55.3 Å². The molecule has 2 aromatic carbocycles. The van der Waals surface area contributed by atoms with Crippen LogP contribution in [-0.4, -0.2) is 21.3 Å². The minimum Gasteiger partial charge on any atom is -0.478 e. The second-order valence-electron chi connectivity index (χ2n) is 6.72. The van der Waals surface area contributed by atoms with E-state index < -0.39 is 5.60 Å². The summed E-state index contributed by atoms with van der Waals surface area (Å²) in [5, 5.41) is 7.83. The van der Waals surface area contributed by atoms with Crippen LogP contribution in [0.3, 0.4) is 0 Å². The third-order valence-corrected chi connectivity index (χ3v) is 4.43. The first-order valence-corrected chi connectivity index (χ1v) is 9.09. The number of carbonyl (C=O) groups is 1. The molecular formula is C21H22ClN3O2. The van der Waals surface area contributed by atoms with Crippen LogP contribution in [0.15, 0.2) is 67.0 Å². The van der Waals surface area contributed by atoms with Gasteiger partial charge in [-0.3, -0.25) is 9.48 Å². The van der Waals surface area contributed by atoms with Gasteiger partial charge in [-0.25, -0.2) is 0 Å². The predicted molar refractivity (Wildman–Crippen MR) is 106 cm³/mol. The summed E-state index contributed by atoms with van der Waals surface area (Å²) in [5.74, 6) is 0.407. The molecule has 0 spiro atoms. The Labute approximate surface area is 163 Å². The first-order valence-electron chi connectivity index (χ1n) is 8.71. The Morgan fingerprint density at radius 2 is 1.81 bits per heavy atom. The Kier molecular flexibility index (Phi) is 5.81. The zero-order valence-electron chi connectivity index (χ0n) is 15.4. The summed E-state index contributed by atoms with van der Waals surface area (Å²) >= 11 is 5.89. The van der Waals surface area contributed by atoms with Gasteiger partial charge in [-0.1, -0.05) is 35.9 Å². The fourth-order valence-corrected chi connectivity index (χ4v) is 2.81. The van der Waals surface area contributed by atoms with Crippen molar-refractivity contribution in [3.05, 3.63) is 83.1 Å². The largest absolute Gasteiger partial charge is 0.478 e. The van der Waals surface area contributed by atoms with Gasteiger partial charge in [-0.2, -0.15) is 5.10 Å². The lowest BCUT2D eigenvalue weighted by molar-refractivity contribution is -0.134. The van der Waals surface area contributed by atoms with Crippen molar-refractivity contribution in [2.75, 3.05) is 0 Å². The zero-order chi connectivity index (χ0) is 19.3. The van der Waals surface area contributed by atoms with Crippen LogP contribution in [0, 0.1) is 0 Å². The molecular weight excluding hydrogens is 362 g/mol. The number of hydrogen-bond acceptors (Lipinski definition) is 3. The lowest BCUT2D eigenvalue weighted by Crippen LogP contribution is -2.46. The molecule has 3 aromatic rings. The molecule has 0 unspecified atom stereocenters. The van der Waals surface area contributed by atoms with Gasteiger partial charge < -0.3 is 10.1 Å². The number of ether oxygens (including phenoxy) is 1. The van der Waals surface area contributed by atoms with Crippen LogP contribution in [0.2, 0.25) is 5.02 Å². The van der Waals surface area contributed by atoms with E-state index in [0.29, 0.717) is 23.9 Å². The van der Waals surface area contributed by atoms with Gasteiger partial charge in [0.25, 0.3) is 5.91 Å². The normalized spacial score (nSPS) is 11.2. The number of nitrogens with zero attached hydrogens (tertiary/aromatic N) is 2. The highest BCUT2D eigenvalue weighted by molar-refractivity contribution is 6.30. The lowest BCUT2D eigenvalue weighted by atomic mass is 10.1. The highest BCUT2D eigenvalue weighted by Crippen LogP contribution is 2.21. The van der Waals surface area contributed by atoms with Crippen LogP contribution in [0.5, 0.6) is 5.75 Å². The Morgan fingerprint density at radius 3 is 2.48 bits per heavy atom. The van der Waals surface area contributed by atoms with Gasteiger partial charge in [0.15, 0.2) is 5.60 Å². The van der Waals surface area contributed by atoms with Gasteiger partial charge in [0.2, 0.25) is 0 Å². The average molecular weight is 384 g/mol. The van der Waals surface area contributed by atoms with E-state index in [1.54, 1.807) is 44.3 Å². The molecule has 140 valence electrons. The summed E-state index contributed by atoms with van der Waals surface area (Å²) < 4.78 is 7.69. The lowest BCUT2D eigenvalue weighted by Gasteiger charge is -2.25. The highest BCUT2D eigenvalue weighted by Gasteiger charge is 2.29. The van der Waals surface area contributed by atoms with Crippen molar-refractivity contribution >= 4 is 17.5 Å². The van der Waals surface area contributed by atoms with E-state index in [-0.39, 0.29) is 5.91 Å². The Balaban J connectivity index is 1.63. The highest BCUT2D eigenvalue weighted by atomic mass is 35.5. The fourth-order valence-electron chi connectivity index (χ4n) is 2.68. The first-order chi connectivity index (χ1) is 12.9. The number of aromatic nitrogens is 2. The molecule has 3 rings (SSSR count). The van der Waals surface area contributed by atoms with Crippen molar-refractivity contribution in [1.29, 1.82) is 0 Å². The maximum atomic E-state index is 12.7. The minimum atomic E-state index is -1.01. The standard InChI is InChI=1S/C21H22ClN3O2/c1-21(2,27-19-10-8-18(22)9-11-19)20(26)23-14-16-6-3-4-7-17(16)15-25-13-5-12-24-25/h3-13H,14-15H2,1-2H3,(H,23,26). The van der Waals surface area contributed by atoms with E-state index in [1.165, 1.54) is 0 Å². The van der Waals surface area contributed by atoms with Gasteiger partial charge >= 0.3 is 0 Å². The molecule has 0 fully saturated rings. The first kappa shape index (κ1) is 19.0. The van der Waals surface area contributed by atoms with Gasteiger partial charge in [0.05, 0.1) is 6.54 Å². The van der Waals surface area contributed by atoms with E-state index in [9.17, 15) is 4.79 Å². The van der Waals surface area contributed by atoms with E-state index in [1.807, 2.05) is 41.2 Å². The summed E-state index contributed by atoms with van der Waals surface area (Å²) in [6.07, 6.45) is 3.67. The summed E-state index contributed by atoms with van der Waals surface area (Å²) in [5.41, 5.74) is 1.15. The number of carbonyl (C=O) groups excluding carboxylic acids is 1. The van der Waals surface area contributed by atoms with Crippen LogP contribution in [0.4, 0.5) is 0 Å². The summed E-state index contributed by atoms with van der Waals surface area (Å²) in [6, 6.07) is 16.8. The maximum absolute atomic E-state index is 12.7. The van der Waals surface area contributed by atoms with Crippen molar-refractivity contribution in [3.63, 3.8) is 0 Å². The monoisotopic (exact) mass is 383 g/mol. The molecule has 0 bridgehead atoms.